The number of nitrogens with zero attached hydrogens (tertiary/aromatic N) is 1. The fourth-order valence-corrected chi connectivity index (χ4v) is 1.15. The van der Waals surface area contributed by atoms with Gasteiger partial charge in [0.05, 0.1) is 0 Å². The van der Waals surface area contributed by atoms with E-state index >= 15 is 0 Å². The van der Waals surface area contributed by atoms with Gasteiger partial charge in [-0.2, -0.15) is 13.8 Å². The quantitative estimate of drug-likeness (QED) is 0.628. The van der Waals surface area contributed by atoms with E-state index in [1.165, 1.54) is 6.42 Å². The number of rotatable bonds is 1. The molecule has 0 aromatic heterocycles. The van der Waals surface area contributed by atoms with Crippen molar-refractivity contribution >= 4 is 0 Å². The van der Waals surface area contributed by atoms with Crippen LogP contribution >= 0.6 is 0 Å². The maximum absolute atomic E-state index is 4.29. The van der Waals surface area contributed by atoms with Gasteiger partial charge in [0.15, 0.2) is 0 Å². The van der Waals surface area contributed by atoms with Crippen LogP contribution in [0, 0.1) is 18.3 Å². The van der Waals surface area contributed by atoms with Crippen molar-refractivity contribution in [2.24, 2.45) is 11.8 Å². The van der Waals surface area contributed by atoms with Crippen LogP contribution < -0.4 is 0 Å². The average molecular weight is 244 g/mol. The van der Waals surface area contributed by atoms with Crippen molar-refractivity contribution in [1.29, 1.82) is 0 Å². The standard InChI is InChI=1S/C7H14N.C3H7.Y/c1-6(2)7-3-4-8-5-7;1-3-2;/h6-7H,3-5H2,1-2H3;3H,1-2H3;/q2*-1;/t7-;;/m0../s1. The molecule has 1 nitrogen and oxygen atoms in total. The molecule has 0 unspecified atom stereocenters. The van der Waals surface area contributed by atoms with Crippen molar-refractivity contribution in [3.63, 3.8) is 0 Å². The minimum Gasteiger partial charge on any atom is -0.662 e. The van der Waals surface area contributed by atoms with Crippen LogP contribution in [-0.4, -0.2) is 13.1 Å². The molecule has 2 heteroatoms. The second kappa shape index (κ2) is 10.1. The molecule has 0 aliphatic carbocycles. The monoisotopic (exact) mass is 244 g/mol. The van der Waals surface area contributed by atoms with Gasteiger partial charge >= 0.3 is 0 Å². The van der Waals surface area contributed by atoms with Crippen LogP contribution in [0.4, 0.5) is 0 Å². The van der Waals surface area contributed by atoms with E-state index in [9.17, 15) is 0 Å². The summed E-state index contributed by atoms with van der Waals surface area (Å²) >= 11 is 0. The first-order chi connectivity index (χ1) is 5.22. The van der Waals surface area contributed by atoms with E-state index in [2.05, 4.69) is 19.2 Å². The first-order valence-corrected chi connectivity index (χ1v) is 4.59. The van der Waals surface area contributed by atoms with Gasteiger partial charge in [-0.3, -0.25) is 0 Å². The molecule has 1 heterocycles. The molecule has 0 aromatic rings. The Morgan fingerprint density at radius 3 is 2.00 bits per heavy atom. The number of hydrogen-bond donors (Lipinski definition) is 0. The van der Waals surface area contributed by atoms with E-state index in [0.717, 1.165) is 24.9 Å². The molecule has 1 radical (unpaired) electrons. The van der Waals surface area contributed by atoms with Gasteiger partial charge in [0.25, 0.3) is 0 Å². The van der Waals surface area contributed by atoms with Gasteiger partial charge in [-0.25, -0.2) is 0 Å². The molecular formula is C10H21NY-2. The third-order valence-corrected chi connectivity index (χ3v) is 1.96. The zero-order valence-corrected chi connectivity index (χ0v) is 11.7. The van der Waals surface area contributed by atoms with Crippen LogP contribution in [0.25, 0.3) is 5.32 Å². The molecule has 1 saturated heterocycles. The largest absolute Gasteiger partial charge is 0.662 e. The first-order valence-electron chi connectivity index (χ1n) is 4.59. The molecule has 0 N–H and O–H groups in total. The summed E-state index contributed by atoms with van der Waals surface area (Å²) in [5, 5.41) is 4.29. The third kappa shape index (κ3) is 7.70. The molecule has 1 aliphatic rings. The molecule has 12 heavy (non-hydrogen) atoms. The zero-order chi connectivity index (χ0) is 8.69. The van der Waals surface area contributed by atoms with Crippen LogP contribution in [0.2, 0.25) is 0 Å². The summed E-state index contributed by atoms with van der Waals surface area (Å²) in [5.41, 5.74) is 0. The van der Waals surface area contributed by atoms with Gasteiger partial charge in [-0.1, -0.05) is 26.2 Å². The van der Waals surface area contributed by atoms with Crippen molar-refractivity contribution in [3.05, 3.63) is 11.7 Å². The Labute approximate surface area is 103 Å². The van der Waals surface area contributed by atoms with Gasteiger partial charge in [0.2, 0.25) is 0 Å². The van der Waals surface area contributed by atoms with Crippen molar-refractivity contribution < 1.29 is 32.7 Å². The molecule has 0 bridgehead atoms. The second-order valence-corrected chi connectivity index (χ2v) is 3.50. The van der Waals surface area contributed by atoms with E-state index in [4.69, 9.17) is 0 Å². The van der Waals surface area contributed by atoms with Crippen LogP contribution in [0.1, 0.15) is 34.1 Å². The molecule has 71 valence electrons. The van der Waals surface area contributed by atoms with E-state index in [-0.39, 0.29) is 32.7 Å². The Bertz CT molecular complexity index is 77.9. The summed E-state index contributed by atoms with van der Waals surface area (Å²) in [5.74, 6) is 1.75. The molecule has 0 amide bonds. The third-order valence-electron chi connectivity index (χ3n) is 1.96. The van der Waals surface area contributed by atoms with Crippen molar-refractivity contribution in [2.75, 3.05) is 13.1 Å². The summed E-state index contributed by atoms with van der Waals surface area (Å²) in [4.78, 5) is 0. The first kappa shape index (κ1) is 15.5. The Balaban J connectivity index is 0. The van der Waals surface area contributed by atoms with Crippen LogP contribution in [0.15, 0.2) is 0 Å². The predicted octanol–water partition coefficient (Wildman–Crippen LogP) is 3.26. The van der Waals surface area contributed by atoms with Gasteiger partial charge in [-0.15, -0.1) is 13.1 Å². The molecule has 1 atom stereocenters. The summed E-state index contributed by atoms with van der Waals surface area (Å²) < 4.78 is 0. The van der Waals surface area contributed by atoms with Gasteiger partial charge in [0, 0.05) is 32.7 Å². The average Bonchev–Trinajstić information content (AvgIpc) is 2.38. The zero-order valence-electron chi connectivity index (χ0n) is 8.88. The SMILES string of the molecule is CC(C)[C@H]1CC[N-]C1.C[CH-]C.[Y]. The van der Waals surface area contributed by atoms with Crippen LogP contribution in [0.3, 0.4) is 0 Å². The maximum Gasteiger partial charge on any atom is 0 e. The normalized spacial score (nSPS) is 21.2. The Kier molecular flexibility index (Phi) is 13.1. The van der Waals surface area contributed by atoms with Crippen molar-refractivity contribution in [1.82, 2.24) is 0 Å². The summed E-state index contributed by atoms with van der Waals surface area (Å²) in [6.45, 7) is 10.8. The van der Waals surface area contributed by atoms with Crippen molar-refractivity contribution in [2.45, 2.75) is 34.1 Å². The van der Waals surface area contributed by atoms with E-state index in [1.807, 2.05) is 20.3 Å². The van der Waals surface area contributed by atoms with Gasteiger partial charge in [-0.05, 0) is 5.92 Å². The topological polar surface area (TPSA) is 14.1 Å². The predicted molar refractivity (Wildman–Crippen MR) is 51.7 cm³/mol. The summed E-state index contributed by atoms with van der Waals surface area (Å²) in [6.07, 6.45) is 3.33. The fraction of sp³-hybridized carbons (Fsp3) is 0.900. The van der Waals surface area contributed by atoms with Crippen molar-refractivity contribution in [3.8, 4) is 0 Å². The smallest absolute Gasteiger partial charge is 0 e. The minimum atomic E-state index is 0. The molecule has 1 aliphatic heterocycles. The second-order valence-electron chi connectivity index (χ2n) is 3.50. The van der Waals surface area contributed by atoms with E-state index in [0.29, 0.717) is 0 Å². The molecule has 1 rings (SSSR count). The van der Waals surface area contributed by atoms with Gasteiger partial charge < -0.3 is 11.7 Å². The van der Waals surface area contributed by atoms with E-state index < -0.39 is 0 Å². The van der Waals surface area contributed by atoms with Crippen LogP contribution in [-0.2, 0) is 32.7 Å². The molecule has 0 aromatic carbocycles. The van der Waals surface area contributed by atoms with Gasteiger partial charge in [0.1, 0.15) is 0 Å². The molecule has 1 fully saturated rings. The minimum absolute atomic E-state index is 0. The molecular weight excluding hydrogens is 223 g/mol. The summed E-state index contributed by atoms with van der Waals surface area (Å²) in [6, 6.07) is 0. The Morgan fingerprint density at radius 1 is 1.33 bits per heavy atom. The molecule has 0 saturated carbocycles. The fourth-order valence-electron chi connectivity index (χ4n) is 1.15. The Hall–Kier alpha value is 1.06. The van der Waals surface area contributed by atoms with E-state index in [1.54, 1.807) is 0 Å². The van der Waals surface area contributed by atoms with Crippen LogP contribution in [0.5, 0.6) is 0 Å². The Morgan fingerprint density at radius 2 is 1.83 bits per heavy atom. The summed E-state index contributed by atoms with van der Waals surface area (Å²) in [7, 11) is 0. The molecule has 0 spiro atoms. The number of hydrogen-bond acceptors (Lipinski definition) is 0. The maximum atomic E-state index is 4.29.